The molecule has 0 bridgehead atoms. The smallest absolute Gasteiger partial charge is 0.248 e. The molecule has 24 heavy (non-hydrogen) atoms. The van der Waals surface area contributed by atoms with Crippen molar-refractivity contribution in [3.05, 3.63) is 83.4 Å². The molecule has 0 fully saturated rings. The number of fused-ring (bicyclic) bond motifs is 1. The molecule has 2 nitrogen and oxygen atoms in total. The molecule has 0 radical (unpaired) electrons. The molecule has 0 atom stereocenters. The van der Waals surface area contributed by atoms with Gasteiger partial charge in [0, 0.05) is 11.8 Å². The van der Waals surface area contributed by atoms with E-state index in [4.69, 9.17) is 0 Å². The summed E-state index contributed by atoms with van der Waals surface area (Å²) in [5, 5.41) is 5.34. The van der Waals surface area contributed by atoms with E-state index < -0.39 is 0 Å². The number of nitrogens with one attached hydrogen (secondary N) is 1. The van der Waals surface area contributed by atoms with E-state index in [1.807, 2.05) is 49.4 Å². The Morgan fingerprint density at radius 1 is 1.00 bits per heavy atom. The summed E-state index contributed by atoms with van der Waals surface area (Å²) in [6.45, 7) is 4.11. The predicted octanol–water partition coefficient (Wildman–Crippen LogP) is 5.36. The fraction of sp³-hybridized carbons (Fsp3) is 0.136. The molecule has 3 aromatic carbocycles. The normalized spacial score (nSPS) is 11.1. The van der Waals surface area contributed by atoms with E-state index in [1.165, 1.54) is 5.39 Å². The average molecular weight is 315 g/mol. The molecule has 0 saturated heterocycles. The molecule has 120 valence electrons. The van der Waals surface area contributed by atoms with E-state index in [0.29, 0.717) is 0 Å². The second kappa shape index (κ2) is 7.14. The maximum atomic E-state index is 12.3. The van der Waals surface area contributed by atoms with Gasteiger partial charge in [-0.25, -0.2) is 0 Å². The highest BCUT2D eigenvalue weighted by molar-refractivity contribution is 6.04. The first kappa shape index (κ1) is 16.0. The van der Waals surface area contributed by atoms with Gasteiger partial charge in [-0.2, -0.15) is 0 Å². The van der Waals surface area contributed by atoms with E-state index in [1.54, 1.807) is 6.08 Å². The highest BCUT2D eigenvalue weighted by atomic mass is 16.1. The van der Waals surface area contributed by atoms with Crippen LogP contribution in [0.2, 0.25) is 0 Å². The van der Waals surface area contributed by atoms with Gasteiger partial charge in [0.15, 0.2) is 0 Å². The second-order valence-corrected chi connectivity index (χ2v) is 5.85. The molecule has 0 spiro atoms. The fourth-order valence-electron chi connectivity index (χ4n) is 2.93. The van der Waals surface area contributed by atoms with Crippen LogP contribution >= 0.6 is 0 Å². The number of para-hydroxylation sites is 1. The number of carbonyl (C=O) groups is 1. The molecule has 3 aromatic rings. The first-order chi connectivity index (χ1) is 11.7. The highest BCUT2D eigenvalue weighted by Crippen LogP contribution is 2.22. The van der Waals surface area contributed by atoms with Crippen LogP contribution in [0.5, 0.6) is 0 Å². The molecule has 3 rings (SSSR count). The molecule has 0 aromatic heterocycles. The molecule has 0 aliphatic heterocycles. The summed E-state index contributed by atoms with van der Waals surface area (Å²) in [4.78, 5) is 12.3. The minimum absolute atomic E-state index is 0.105. The molecule has 0 unspecified atom stereocenters. The van der Waals surface area contributed by atoms with Crippen molar-refractivity contribution in [1.29, 1.82) is 0 Å². The van der Waals surface area contributed by atoms with Gasteiger partial charge in [0.2, 0.25) is 5.91 Å². The molecule has 0 heterocycles. The summed E-state index contributed by atoms with van der Waals surface area (Å²) in [5.74, 6) is -0.105. The maximum absolute atomic E-state index is 12.3. The fourth-order valence-corrected chi connectivity index (χ4v) is 2.93. The van der Waals surface area contributed by atoms with Gasteiger partial charge < -0.3 is 5.32 Å². The molecule has 1 N–H and O–H groups in total. The van der Waals surface area contributed by atoms with Crippen LogP contribution in [0.1, 0.15) is 23.6 Å². The zero-order chi connectivity index (χ0) is 16.9. The van der Waals surface area contributed by atoms with E-state index in [2.05, 4.69) is 36.5 Å². The largest absolute Gasteiger partial charge is 0.322 e. The van der Waals surface area contributed by atoms with Crippen molar-refractivity contribution in [3.63, 3.8) is 0 Å². The average Bonchev–Trinajstić information content (AvgIpc) is 2.61. The lowest BCUT2D eigenvalue weighted by Gasteiger charge is -2.11. The van der Waals surface area contributed by atoms with E-state index in [9.17, 15) is 4.79 Å². The Morgan fingerprint density at radius 2 is 1.75 bits per heavy atom. The molecule has 0 saturated carbocycles. The van der Waals surface area contributed by atoms with Crippen molar-refractivity contribution in [3.8, 4) is 0 Å². The van der Waals surface area contributed by atoms with E-state index >= 15 is 0 Å². The number of hydrogen-bond donors (Lipinski definition) is 1. The van der Waals surface area contributed by atoms with Crippen LogP contribution in [0.3, 0.4) is 0 Å². The zero-order valence-corrected chi connectivity index (χ0v) is 14.0. The van der Waals surface area contributed by atoms with Gasteiger partial charge in [-0.15, -0.1) is 0 Å². The molecule has 1 amide bonds. The van der Waals surface area contributed by atoms with Crippen LogP contribution in [0, 0.1) is 6.92 Å². The third-order valence-electron chi connectivity index (χ3n) is 4.23. The van der Waals surface area contributed by atoms with Crippen LogP contribution in [0.15, 0.2) is 66.7 Å². The minimum atomic E-state index is -0.105. The predicted molar refractivity (Wildman–Crippen MR) is 102 cm³/mol. The van der Waals surface area contributed by atoms with Crippen LogP contribution in [-0.4, -0.2) is 5.91 Å². The number of benzene rings is 3. The van der Waals surface area contributed by atoms with Crippen molar-refractivity contribution in [2.75, 3.05) is 5.32 Å². The number of carbonyl (C=O) groups excluding carboxylic acids is 1. The Bertz CT molecular complexity index is 903. The minimum Gasteiger partial charge on any atom is -0.322 e. The standard InChI is InChI=1S/C22H21NO/c1-3-17-10-6-8-16(2)22(17)23-21(24)15-14-19-12-7-11-18-9-4-5-13-20(18)19/h4-15H,3H2,1-2H3,(H,23,24). The van der Waals surface area contributed by atoms with Crippen LogP contribution in [0.25, 0.3) is 16.8 Å². The van der Waals surface area contributed by atoms with Crippen molar-refractivity contribution in [2.24, 2.45) is 0 Å². The topological polar surface area (TPSA) is 29.1 Å². The summed E-state index contributed by atoms with van der Waals surface area (Å²) in [6, 6.07) is 20.4. The van der Waals surface area contributed by atoms with Crippen molar-refractivity contribution in [1.82, 2.24) is 0 Å². The van der Waals surface area contributed by atoms with Gasteiger partial charge in [0.25, 0.3) is 0 Å². The van der Waals surface area contributed by atoms with Gasteiger partial charge in [-0.1, -0.05) is 67.6 Å². The van der Waals surface area contributed by atoms with Gasteiger partial charge in [0.1, 0.15) is 0 Å². The zero-order valence-electron chi connectivity index (χ0n) is 14.0. The molecule has 2 heteroatoms. The first-order valence-corrected chi connectivity index (χ1v) is 8.24. The summed E-state index contributed by atoms with van der Waals surface area (Å²) < 4.78 is 0. The number of rotatable bonds is 4. The molecular weight excluding hydrogens is 294 g/mol. The monoisotopic (exact) mass is 315 g/mol. The Hall–Kier alpha value is -2.87. The van der Waals surface area contributed by atoms with Gasteiger partial charge in [-0.05, 0) is 46.9 Å². The van der Waals surface area contributed by atoms with Crippen LogP contribution in [0.4, 0.5) is 5.69 Å². The highest BCUT2D eigenvalue weighted by Gasteiger charge is 2.06. The first-order valence-electron chi connectivity index (χ1n) is 8.24. The Kier molecular flexibility index (Phi) is 4.76. The number of aryl methyl sites for hydroxylation is 2. The van der Waals surface area contributed by atoms with Crippen molar-refractivity contribution >= 4 is 28.4 Å². The third-order valence-corrected chi connectivity index (χ3v) is 4.23. The Labute approximate surface area is 142 Å². The molecule has 0 aliphatic rings. The molecule has 0 aliphatic carbocycles. The summed E-state index contributed by atoms with van der Waals surface area (Å²) in [5.41, 5.74) is 4.21. The van der Waals surface area contributed by atoms with E-state index in [0.717, 1.165) is 34.2 Å². The van der Waals surface area contributed by atoms with Crippen LogP contribution in [-0.2, 0) is 11.2 Å². The lowest BCUT2D eigenvalue weighted by Crippen LogP contribution is -2.11. The van der Waals surface area contributed by atoms with Crippen LogP contribution < -0.4 is 5.32 Å². The number of hydrogen-bond acceptors (Lipinski definition) is 1. The second-order valence-electron chi connectivity index (χ2n) is 5.85. The lowest BCUT2D eigenvalue weighted by atomic mass is 10.0. The van der Waals surface area contributed by atoms with Gasteiger partial charge in [0.05, 0.1) is 0 Å². The van der Waals surface area contributed by atoms with Gasteiger partial charge >= 0.3 is 0 Å². The number of anilines is 1. The van der Waals surface area contributed by atoms with Gasteiger partial charge in [-0.3, -0.25) is 4.79 Å². The SMILES string of the molecule is CCc1cccc(C)c1NC(=O)C=Cc1cccc2ccccc12. The Morgan fingerprint density at radius 3 is 2.58 bits per heavy atom. The third kappa shape index (κ3) is 3.38. The summed E-state index contributed by atoms with van der Waals surface area (Å²) >= 11 is 0. The Balaban J connectivity index is 1.83. The van der Waals surface area contributed by atoms with Crippen molar-refractivity contribution < 1.29 is 4.79 Å². The lowest BCUT2D eigenvalue weighted by molar-refractivity contribution is -0.111. The maximum Gasteiger partial charge on any atom is 0.248 e. The summed E-state index contributed by atoms with van der Waals surface area (Å²) in [7, 11) is 0. The number of amides is 1. The summed E-state index contributed by atoms with van der Waals surface area (Å²) in [6.07, 6.45) is 4.37. The van der Waals surface area contributed by atoms with Crippen molar-refractivity contribution in [2.45, 2.75) is 20.3 Å². The molecular formula is C22H21NO. The van der Waals surface area contributed by atoms with E-state index in [-0.39, 0.29) is 5.91 Å². The quantitative estimate of drug-likeness (QED) is 0.645.